The molecule has 0 radical (unpaired) electrons. The van der Waals surface area contributed by atoms with Crippen LogP contribution in [0.1, 0.15) is 21.5 Å². The van der Waals surface area contributed by atoms with Crippen molar-refractivity contribution >= 4 is 23.6 Å². The van der Waals surface area contributed by atoms with Crippen molar-refractivity contribution in [3.63, 3.8) is 0 Å². The Balaban J connectivity index is 1.80. The van der Waals surface area contributed by atoms with Crippen LogP contribution in [0.5, 0.6) is 0 Å². The summed E-state index contributed by atoms with van der Waals surface area (Å²) in [6.07, 6.45) is 5.20. The largest absolute Gasteiger partial charge is 0.321 e. The Labute approximate surface area is 170 Å². The van der Waals surface area contributed by atoms with Gasteiger partial charge in [0.25, 0.3) is 11.8 Å². The predicted octanol–water partition coefficient (Wildman–Crippen LogP) is 4.96. The molecule has 4 nitrogen and oxygen atoms in total. The molecule has 0 saturated heterocycles. The first kappa shape index (κ1) is 19.8. The van der Waals surface area contributed by atoms with E-state index in [2.05, 4.69) is 10.6 Å². The summed E-state index contributed by atoms with van der Waals surface area (Å²) in [5.74, 6) is -0.736. The third-order valence-electron chi connectivity index (χ3n) is 4.19. The van der Waals surface area contributed by atoms with Gasteiger partial charge in [-0.2, -0.15) is 0 Å². The first-order chi connectivity index (χ1) is 14.1. The van der Waals surface area contributed by atoms with Crippen LogP contribution in [0.3, 0.4) is 0 Å². The highest BCUT2D eigenvalue weighted by Gasteiger charge is 2.14. The number of benzene rings is 3. The van der Waals surface area contributed by atoms with E-state index in [1.165, 1.54) is 0 Å². The zero-order valence-electron chi connectivity index (χ0n) is 16.1. The van der Waals surface area contributed by atoms with Gasteiger partial charge in [-0.1, -0.05) is 78.4 Å². The number of allylic oxidation sites excluding steroid dienone is 2. The van der Waals surface area contributed by atoms with Crippen molar-refractivity contribution in [2.45, 2.75) is 6.92 Å². The highest BCUT2D eigenvalue weighted by molar-refractivity contribution is 6.08. The fourth-order valence-electron chi connectivity index (χ4n) is 2.61. The maximum Gasteiger partial charge on any atom is 0.272 e. The van der Waals surface area contributed by atoms with Crippen molar-refractivity contribution in [1.29, 1.82) is 0 Å². The minimum absolute atomic E-state index is 0.159. The summed E-state index contributed by atoms with van der Waals surface area (Å²) in [5.41, 5.74) is 3.39. The molecule has 0 aliphatic heterocycles. The molecular weight excluding hydrogens is 360 g/mol. The van der Waals surface area contributed by atoms with Gasteiger partial charge in [-0.3, -0.25) is 9.59 Å². The van der Waals surface area contributed by atoms with Crippen LogP contribution in [-0.2, 0) is 4.79 Å². The van der Waals surface area contributed by atoms with E-state index >= 15 is 0 Å². The van der Waals surface area contributed by atoms with Crippen LogP contribution in [-0.4, -0.2) is 11.8 Å². The molecule has 2 N–H and O–H groups in total. The van der Waals surface area contributed by atoms with Gasteiger partial charge in [-0.25, -0.2) is 0 Å². The second-order valence-electron chi connectivity index (χ2n) is 6.49. The molecule has 0 atom stereocenters. The first-order valence-electron chi connectivity index (χ1n) is 9.29. The third kappa shape index (κ3) is 6.04. The Bertz CT molecular complexity index is 1020. The van der Waals surface area contributed by atoms with Crippen LogP contribution in [0.15, 0.2) is 103 Å². The third-order valence-corrected chi connectivity index (χ3v) is 4.19. The zero-order valence-corrected chi connectivity index (χ0v) is 16.1. The molecule has 0 spiro atoms. The lowest BCUT2D eigenvalue weighted by Crippen LogP contribution is -2.30. The van der Waals surface area contributed by atoms with E-state index < -0.39 is 5.91 Å². The summed E-state index contributed by atoms with van der Waals surface area (Å²) in [5, 5.41) is 5.53. The molecule has 0 saturated carbocycles. The molecule has 29 heavy (non-hydrogen) atoms. The molecule has 3 rings (SSSR count). The van der Waals surface area contributed by atoms with Crippen LogP contribution in [0.4, 0.5) is 5.69 Å². The summed E-state index contributed by atoms with van der Waals surface area (Å²) in [7, 11) is 0. The summed E-state index contributed by atoms with van der Waals surface area (Å²) >= 11 is 0. The monoisotopic (exact) mass is 382 g/mol. The summed E-state index contributed by atoms with van der Waals surface area (Å²) < 4.78 is 0. The van der Waals surface area contributed by atoms with Crippen LogP contribution in [0, 0.1) is 6.92 Å². The Morgan fingerprint density at radius 3 is 2.07 bits per heavy atom. The molecule has 2 amide bonds. The number of hydrogen-bond donors (Lipinski definition) is 2. The quantitative estimate of drug-likeness (QED) is 0.468. The molecule has 0 fully saturated rings. The van der Waals surface area contributed by atoms with Crippen LogP contribution < -0.4 is 10.6 Å². The number of carbonyl (C=O) groups excluding carboxylic acids is 2. The Kier molecular flexibility index (Phi) is 6.74. The summed E-state index contributed by atoms with van der Waals surface area (Å²) in [6, 6.07) is 26.0. The fraction of sp³-hybridized carbons (Fsp3) is 0.0400. The zero-order chi connectivity index (χ0) is 20.5. The number of anilines is 1. The molecule has 0 aliphatic carbocycles. The summed E-state index contributed by atoms with van der Waals surface area (Å²) in [6.45, 7) is 1.98. The van der Waals surface area contributed by atoms with Gasteiger partial charge in [0, 0.05) is 11.3 Å². The lowest BCUT2D eigenvalue weighted by atomic mass is 10.2. The smallest absolute Gasteiger partial charge is 0.272 e. The molecule has 0 unspecified atom stereocenters. The van der Waals surface area contributed by atoms with Crippen molar-refractivity contribution in [3.05, 3.63) is 119 Å². The molecule has 3 aromatic rings. The van der Waals surface area contributed by atoms with E-state index in [0.717, 1.165) is 11.1 Å². The van der Waals surface area contributed by atoms with E-state index in [1.807, 2.05) is 73.7 Å². The fourth-order valence-corrected chi connectivity index (χ4v) is 2.61. The molecule has 4 heteroatoms. The van der Waals surface area contributed by atoms with E-state index in [9.17, 15) is 9.59 Å². The predicted molar refractivity (Wildman–Crippen MR) is 117 cm³/mol. The maximum atomic E-state index is 12.8. The van der Waals surface area contributed by atoms with Gasteiger partial charge < -0.3 is 10.6 Å². The highest BCUT2D eigenvalue weighted by atomic mass is 16.2. The normalized spacial score (nSPS) is 11.3. The van der Waals surface area contributed by atoms with E-state index in [0.29, 0.717) is 11.3 Å². The van der Waals surface area contributed by atoms with Crippen molar-refractivity contribution in [2.24, 2.45) is 0 Å². The van der Waals surface area contributed by atoms with Gasteiger partial charge in [-0.05, 0) is 42.8 Å². The van der Waals surface area contributed by atoms with Gasteiger partial charge in [-0.15, -0.1) is 0 Å². The van der Waals surface area contributed by atoms with Gasteiger partial charge in [0.2, 0.25) is 0 Å². The van der Waals surface area contributed by atoms with E-state index in [-0.39, 0.29) is 11.6 Å². The second kappa shape index (κ2) is 9.85. The molecule has 144 valence electrons. The van der Waals surface area contributed by atoms with Gasteiger partial charge in [0.05, 0.1) is 0 Å². The Morgan fingerprint density at radius 2 is 1.41 bits per heavy atom. The van der Waals surface area contributed by atoms with Crippen molar-refractivity contribution in [2.75, 3.05) is 5.32 Å². The van der Waals surface area contributed by atoms with Crippen LogP contribution in [0.2, 0.25) is 0 Å². The average molecular weight is 382 g/mol. The second-order valence-corrected chi connectivity index (χ2v) is 6.49. The molecular formula is C25H22N2O2. The SMILES string of the molecule is Cc1ccc(NC(=O)/C(=C/C=Cc2ccccc2)NC(=O)c2ccccc2)cc1. The Morgan fingerprint density at radius 1 is 0.793 bits per heavy atom. The van der Waals surface area contributed by atoms with Crippen LogP contribution >= 0.6 is 0 Å². The van der Waals surface area contributed by atoms with Gasteiger partial charge >= 0.3 is 0 Å². The average Bonchev–Trinajstić information content (AvgIpc) is 2.76. The lowest BCUT2D eigenvalue weighted by molar-refractivity contribution is -0.113. The van der Waals surface area contributed by atoms with Gasteiger partial charge in [0.15, 0.2) is 0 Å². The van der Waals surface area contributed by atoms with Gasteiger partial charge in [0.1, 0.15) is 5.70 Å². The number of amides is 2. The topological polar surface area (TPSA) is 58.2 Å². The van der Waals surface area contributed by atoms with E-state index in [1.54, 1.807) is 36.4 Å². The van der Waals surface area contributed by atoms with E-state index in [4.69, 9.17) is 0 Å². The molecule has 0 heterocycles. The number of rotatable bonds is 6. The standard InChI is InChI=1S/C25H22N2O2/c1-19-15-17-22(18-16-19)26-25(29)23(14-8-11-20-9-4-2-5-10-20)27-24(28)21-12-6-3-7-13-21/h2-18H,1H3,(H,26,29)(H,27,28)/b11-8?,23-14-. The van der Waals surface area contributed by atoms with Crippen molar-refractivity contribution < 1.29 is 9.59 Å². The highest BCUT2D eigenvalue weighted by Crippen LogP contribution is 2.11. The number of nitrogens with one attached hydrogen (secondary N) is 2. The number of hydrogen-bond acceptors (Lipinski definition) is 2. The molecule has 3 aromatic carbocycles. The maximum absolute atomic E-state index is 12.8. The van der Waals surface area contributed by atoms with Crippen molar-refractivity contribution in [1.82, 2.24) is 5.32 Å². The molecule has 0 bridgehead atoms. The van der Waals surface area contributed by atoms with Crippen molar-refractivity contribution in [3.8, 4) is 0 Å². The number of aryl methyl sites for hydroxylation is 1. The summed E-state index contributed by atoms with van der Waals surface area (Å²) in [4.78, 5) is 25.3. The number of carbonyl (C=O) groups is 2. The van der Waals surface area contributed by atoms with Crippen LogP contribution in [0.25, 0.3) is 6.08 Å². The lowest BCUT2D eigenvalue weighted by Gasteiger charge is -2.11. The first-order valence-corrected chi connectivity index (χ1v) is 9.29. The minimum atomic E-state index is -0.393. The Hall–Kier alpha value is -3.92. The molecule has 0 aliphatic rings. The minimum Gasteiger partial charge on any atom is -0.321 e. The molecule has 0 aromatic heterocycles.